The smallest absolute Gasteiger partial charge is 0.410 e. The summed E-state index contributed by atoms with van der Waals surface area (Å²) >= 11 is 0. The van der Waals surface area contributed by atoms with E-state index in [4.69, 9.17) is 4.74 Å². The van der Waals surface area contributed by atoms with Crippen LogP contribution in [0.15, 0.2) is 24.3 Å². The van der Waals surface area contributed by atoms with Gasteiger partial charge in [-0.2, -0.15) is 0 Å². The number of aliphatic hydroxyl groups is 1. The molecular formula is C16H22FNO3. The molecule has 1 N–H and O–H groups in total. The number of halogens is 1. The van der Waals surface area contributed by atoms with Crippen molar-refractivity contribution < 1.29 is 19.0 Å². The lowest BCUT2D eigenvalue weighted by Gasteiger charge is -2.37. The average molecular weight is 295 g/mol. The van der Waals surface area contributed by atoms with E-state index in [1.165, 1.54) is 12.1 Å². The molecule has 1 fully saturated rings. The predicted octanol–water partition coefficient (Wildman–Crippen LogP) is 2.91. The van der Waals surface area contributed by atoms with Crippen LogP contribution in [-0.2, 0) is 4.74 Å². The number of likely N-dealkylation sites (tertiary alicyclic amines) is 1. The Kier molecular flexibility index (Phi) is 4.52. The molecule has 0 aliphatic carbocycles. The molecule has 1 saturated heterocycles. The first-order valence-electron chi connectivity index (χ1n) is 7.18. The molecule has 0 unspecified atom stereocenters. The van der Waals surface area contributed by atoms with Gasteiger partial charge >= 0.3 is 6.09 Å². The highest BCUT2D eigenvalue weighted by molar-refractivity contribution is 5.68. The maximum Gasteiger partial charge on any atom is 0.410 e. The lowest BCUT2D eigenvalue weighted by Crippen LogP contribution is -2.46. The first-order valence-corrected chi connectivity index (χ1v) is 7.18. The minimum Gasteiger partial charge on any atom is -0.444 e. The molecule has 1 aliphatic heterocycles. The Balaban J connectivity index is 2.09. The average Bonchev–Trinajstić information content (AvgIpc) is 2.38. The molecular weight excluding hydrogens is 273 g/mol. The summed E-state index contributed by atoms with van der Waals surface area (Å²) in [6.45, 7) is 6.30. The fourth-order valence-electron chi connectivity index (χ4n) is 2.47. The van der Waals surface area contributed by atoms with Crippen LogP contribution in [0.3, 0.4) is 0 Å². The van der Waals surface area contributed by atoms with E-state index in [9.17, 15) is 14.3 Å². The quantitative estimate of drug-likeness (QED) is 0.866. The third-order valence-corrected chi connectivity index (χ3v) is 3.53. The summed E-state index contributed by atoms with van der Waals surface area (Å²) < 4.78 is 18.4. The Morgan fingerprint density at radius 1 is 1.33 bits per heavy atom. The molecule has 116 valence electrons. The van der Waals surface area contributed by atoms with Gasteiger partial charge in [0.15, 0.2) is 0 Å². The Morgan fingerprint density at radius 2 is 1.95 bits per heavy atom. The summed E-state index contributed by atoms with van der Waals surface area (Å²) in [6, 6.07) is 6.05. The van der Waals surface area contributed by atoms with Crippen LogP contribution in [0.1, 0.15) is 38.7 Å². The van der Waals surface area contributed by atoms with E-state index in [0.29, 0.717) is 19.5 Å². The Morgan fingerprint density at radius 3 is 2.52 bits per heavy atom. The van der Waals surface area contributed by atoms with E-state index in [1.54, 1.807) is 17.0 Å². The first kappa shape index (κ1) is 15.8. The minimum atomic E-state index is -0.543. The number of carbonyl (C=O) groups excluding carboxylic acids is 1. The van der Waals surface area contributed by atoms with Crippen LogP contribution >= 0.6 is 0 Å². The molecule has 0 spiro atoms. The number of benzene rings is 1. The molecule has 0 aromatic heterocycles. The van der Waals surface area contributed by atoms with E-state index < -0.39 is 11.7 Å². The predicted molar refractivity (Wildman–Crippen MR) is 77.6 cm³/mol. The van der Waals surface area contributed by atoms with E-state index in [0.717, 1.165) is 5.56 Å². The normalized spacial score (nSPS) is 23.0. The monoisotopic (exact) mass is 295 g/mol. The zero-order valence-electron chi connectivity index (χ0n) is 12.7. The molecule has 0 bridgehead atoms. The van der Waals surface area contributed by atoms with Crippen LogP contribution in [0.5, 0.6) is 0 Å². The number of piperidine rings is 1. The second-order valence-corrected chi connectivity index (χ2v) is 6.44. The van der Waals surface area contributed by atoms with Crippen molar-refractivity contribution in [2.45, 2.75) is 44.8 Å². The van der Waals surface area contributed by atoms with Crippen molar-refractivity contribution in [1.29, 1.82) is 0 Å². The number of aliphatic hydroxyl groups excluding tert-OH is 1. The molecule has 2 rings (SSSR count). The molecule has 1 amide bonds. The largest absolute Gasteiger partial charge is 0.444 e. The standard InChI is InChI=1S/C16H22FNO3/c1-16(2,3)21-15(20)18-9-8-14(19)13(10-18)11-4-6-12(17)7-5-11/h4-7,13-14,19H,8-10H2,1-3H3/t13-,14-/m1/s1. The highest BCUT2D eigenvalue weighted by atomic mass is 19.1. The van der Waals surface area contributed by atoms with Crippen LogP contribution in [0.25, 0.3) is 0 Å². The zero-order chi connectivity index (χ0) is 15.6. The molecule has 5 heteroatoms. The van der Waals surface area contributed by atoms with Gasteiger partial charge in [0, 0.05) is 19.0 Å². The molecule has 1 heterocycles. The molecule has 21 heavy (non-hydrogen) atoms. The highest BCUT2D eigenvalue weighted by Crippen LogP contribution is 2.28. The number of carbonyl (C=O) groups is 1. The lowest BCUT2D eigenvalue weighted by atomic mass is 9.88. The summed E-state index contributed by atoms with van der Waals surface area (Å²) in [5, 5.41) is 10.2. The molecule has 0 radical (unpaired) electrons. The number of hydrogen-bond acceptors (Lipinski definition) is 3. The maximum atomic E-state index is 13.0. The van der Waals surface area contributed by atoms with Crippen molar-refractivity contribution in [3.8, 4) is 0 Å². The van der Waals surface area contributed by atoms with Gasteiger partial charge in [0.05, 0.1) is 6.10 Å². The van der Waals surface area contributed by atoms with Crippen LogP contribution in [0.2, 0.25) is 0 Å². The van der Waals surface area contributed by atoms with Gasteiger partial charge in [0.2, 0.25) is 0 Å². The molecule has 1 aromatic rings. The van der Waals surface area contributed by atoms with Gasteiger partial charge in [-0.1, -0.05) is 12.1 Å². The van der Waals surface area contributed by atoms with Gasteiger partial charge in [-0.3, -0.25) is 0 Å². The van der Waals surface area contributed by atoms with E-state index in [-0.39, 0.29) is 17.8 Å². The first-order chi connectivity index (χ1) is 9.76. The molecule has 0 saturated carbocycles. The van der Waals surface area contributed by atoms with Gasteiger partial charge in [-0.05, 0) is 44.9 Å². The highest BCUT2D eigenvalue weighted by Gasteiger charge is 2.33. The van der Waals surface area contributed by atoms with Crippen molar-refractivity contribution in [1.82, 2.24) is 4.90 Å². The van der Waals surface area contributed by atoms with Crippen LogP contribution < -0.4 is 0 Å². The number of amides is 1. The number of hydrogen-bond donors (Lipinski definition) is 1. The van der Waals surface area contributed by atoms with Crippen molar-refractivity contribution in [3.05, 3.63) is 35.6 Å². The maximum absolute atomic E-state index is 13.0. The molecule has 4 nitrogen and oxygen atoms in total. The fourth-order valence-corrected chi connectivity index (χ4v) is 2.47. The summed E-state index contributed by atoms with van der Waals surface area (Å²) in [4.78, 5) is 13.7. The third-order valence-electron chi connectivity index (χ3n) is 3.53. The van der Waals surface area contributed by atoms with Crippen LogP contribution in [0.4, 0.5) is 9.18 Å². The van der Waals surface area contributed by atoms with Crippen LogP contribution in [-0.4, -0.2) is 40.9 Å². The van der Waals surface area contributed by atoms with Crippen molar-refractivity contribution >= 4 is 6.09 Å². The van der Waals surface area contributed by atoms with E-state index >= 15 is 0 Å². The number of nitrogens with zero attached hydrogens (tertiary/aromatic N) is 1. The van der Waals surface area contributed by atoms with Gasteiger partial charge in [0.1, 0.15) is 11.4 Å². The second kappa shape index (κ2) is 6.02. The molecule has 2 atom stereocenters. The molecule has 1 aliphatic rings. The van der Waals surface area contributed by atoms with E-state index in [1.807, 2.05) is 20.8 Å². The molecule has 1 aromatic carbocycles. The number of rotatable bonds is 1. The van der Waals surface area contributed by atoms with E-state index in [2.05, 4.69) is 0 Å². The third kappa shape index (κ3) is 4.17. The summed E-state index contributed by atoms with van der Waals surface area (Å²) in [5.41, 5.74) is 0.288. The van der Waals surface area contributed by atoms with Gasteiger partial charge in [-0.15, -0.1) is 0 Å². The Labute approximate surface area is 124 Å². The fraction of sp³-hybridized carbons (Fsp3) is 0.562. The summed E-state index contributed by atoms with van der Waals surface area (Å²) in [6.07, 6.45) is -0.419. The zero-order valence-corrected chi connectivity index (χ0v) is 12.7. The van der Waals surface area contributed by atoms with Gasteiger partial charge < -0.3 is 14.7 Å². The summed E-state index contributed by atoms with van der Waals surface area (Å²) in [5.74, 6) is -0.528. The Hall–Kier alpha value is -1.62. The minimum absolute atomic E-state index is 0.216. The van der Waals surface area contributed by atoms with Crippen molar-refractivity contribution in [2.75, 3.05) is 13.1 Å². The second-order valence-electron chi connectivity index (χ2n) is 6.44. The van der Waals surface area contributed by atoms with Gasteiger partial charge in [0.25, 0.3) is 0 Å². The van der Waals surface area contributed by atoms with Crippen molar-refractivity contribution in [2.24, 2.45) is 0 Å². The van der Waals surface area contributed by atoms with Gasteiger partial charge in [-0.25, -0.2) is 9.18 Å². The topological polar surface area (TPSA) is 49.8 Å². The summed E-state index contributed by atoms with van der Waals surface area (Å²) in [7, 11) is 0. The number of ether oxygens (including phenoxy) is 1. The lowest BCUT2D eigenvalue weighted by molar-refractivity contribution is 0.00406. The van der Waals surface area contributed by atoms with Crippen molar-refractivity contribution in [3.63, 3.8) is 0 Å². The SMILES string of the molecule is CC(C)(C)OC(=O)N1CC[C@@H](O)[C@@H](c2ccc(F)cc2)C1. The Bertz CT molecular complexity index is 495. The van der Waals surface area contributed by atoms with Crippen LogP contribution in [0, 0.1) is 5.82 Å².